The predicted octanol–water partition coefficient (Wildman–Crippen LogP) is 1.93. The minimum Gasteiger partial charge on any atom is -0.491 e. The van der Waals surface area contributed by atoms with E-state index in [0.717, 1.165) is 5.69 Å². The third-order valence-electron chi connectivity index (χ3n) is 2.70. The van der Waals surface area contributed by atoms with Crippen LogP contribution < -0.4 is 15.3 Å². The third kappa shape index (κ3) is 3.21. The summed E-state index contributed by atoms with van der Waals surface area (Å²) in [5.41, 5.74) is 7.29. The van der Waals surface area contributed by atoms with Gasteiger partial charge in [-0.15, -0.1) is 0 Å². The molecule has 2 aromatic rings. The molecular formula is C13H14N2O2S2. The van der Waals surface area contributed by atoms with Crippen LogP contribution >= 0.6 is 23.6 Å². The first-order valence-corrected chi connectivity index (χ1v) is 7.05. The average Bonchev–Trinajstić information content (AvgIpc) is 2.70. The Labute approximate surface area is 120 Å². The van der Waals surface area contributed by atoms with Crippen molar-refractivity contribution in [3.63, 3.8) is 0 Å². The Balaban J connectivity index is 2.04. The predicted molar refractivity (Wildman–Crippen MR) is 81.1 cm³/mol. The van der Waals surface area contributed by atoms with Crippen molar-refractivity contribution in [2.75, 3.05) is 6.61 Å². The van der Waals surface area contributed by atoms with Gasteiger partial charge in [-0.05, 0) is 19.1 Å². The van der Waals surface area contributed by atoms with E-state index >= 15 is 0 Å². The van der Waals surface area contributed by atoms with Crippen molar-refractivity contribution in [3.05, 3.63) is 50.6 Å². The lowest BCUT2D eigenvalue weighted by Gasteiger charge is -2.11. The van der Waals surface area contributed by atoms with Gasteiger partial charge in [0.2, 0.25) is 0 Å². The Hall–Kier alpha value is -1.66. The highest BCUT2D eigenvalue weighted by Gasteiger charge is 2.06. The van der Waals surface area contributed by atoms with Crippen molar-refractivity contribution in [3.8, 4) is 5.75 Å². The summed E-state index contributed by atoms with van der Waals surface area (Å²) in [7, 11) is 0. The molecule has 0 amide bonds. The summed E-state index contributed by atoms with van der Waals surface area (Å²) in [5.74, 6) is 0.649. The summed E-state index contributed by atoms with van der Waals surface area (Å²) in [6.07, 6.45) is 0. The van der Waals surface area contributed by atoms with E-state index in [1.165, 1.54) is 11.3 Å². The van der Waals surface area contributed by atoms with Crippen molar-refractivity contribution in [1.29, 1.82) is 0 Å². The molecule has 0 fully saturated rings. The summed E-state index contributed by atoms with van der Waals surface area (Å²) in [6, 6.07) is 7.35. The first-order valence-electron chi connectivity index (χ1n) is 5.76. The monoisotopic (exact) mass is 294 g/mol. The van der Waals surface area contributed by atoms with Gasteiger partial charge in [0.15, 0.2) is 0 Å². The molecule has 1 aromatic heterocycles. The quantitative estimate of drug-likeness (QED) is 0.856. The van der Waals surface area contributed by atoms with Crippen LogP contribution in [0.2, 0.25) is 0 Å². The van der Waals surface area contributed by atoms with E-state index in [2.05, 4.69) is 0 Å². The van der Waals surface area contributed by atoms with Crippen LogP contribution in [0.4, 0.5) is 0 Å². The van der Waals surface area contributed by atoms with Crippen LogP contribution in [-0.2, 0) is 6.54 Å². The summed E-state index contributed by atoms with van der Waals surface area (Å²) in [5, 5.41) is 1.84. The highest BCUT2D eigenvalue weighted by molar-refractivity contribution is 7.80. The molecule has 0 saturated heterocycles. The third-order valence-corrected chi connectivity index (χ3v) is 3.80. The van der Waals surface area contributed by atoms with Gasteiger partial charge in [-0.2, -0.15) is 0 Å². The molecule has 0 saturated carbocycles. The molecule has 4 nitrogen and oxygen atoms in total. The SMILES string of the molecule is Cc1csc(=O)n1CCOc1ccccc1C(N)=S. The maximum Gasteiger partial charge on any atom is 0.307 e. The minimum absolute atomic E-state index is 0.0312. The van der Waals surface area contributed by atoms with Crippen LogP contribution in [0.1, 0.15) is 11.3 Å². The largest absolute Gasteiger partial charge is 0.491 e. The number of rotatable bonds is 5. The zero-order chi connectivity index (χ0) is 13.8. The Bertz CT molecular complexity index is 646. The van der Waals surface area contributed by atoms with Crippen LogP contribution in [0.3, 0.4) is 0 Å². The van der Waals surface area contributed by atoms with E-state index in [1.54, 1.807) is 4.57 Å². The van der Waals surface area contributed by atoms with Gasteiger partial charge in [0.1, 0.15) is 17.3 Å². The standard InChI is InChI=1S/C13H14N2O2S2/c1-9-8-19-13(16)15(9)6-7-17-11-5-3-2-4-10(11)12(14)18/h2-5,8H,6-7H2,1H3,(H2,14,18). The summed E-state index contributed by atoms with van der Waals surface area (Å²) in [4.78, 5) is 11.9. The van der Waals surface area contributed by atoms with E-state index in [1.807, 2.05) is 36.6 Å². The van der Waals surface area contributed by atoms with Crippen LogP contribution in [0.25, 0.3) is 0 Å². The van der Waals surface area contributed by atoms with Gasteiger partial charge in [-0.3, -0.25) is 9.36 Å². The fraction of sp³-hybridized carbons (Fsp3) is 0.231. The molecule has 19 heavy (non-hydrogen) atoms. The second kappa shape index (κ2) is 5.99. The maximum absolute atomic E-state index is 11.5. The number of nitrogens with two attached hydrogens (primary N) is 1. The molecular weight excluding hydrogens is 280 g/mol. The summed E-state index contributed by atoms with van der Waals surface area (Å²) >= 11 is 6.16. The zero-order valence-corrected chi connectivity index (χ0v) is 12.1. The van der Waals surface area contributed by atoms with Crippen LogP contribution in [-0.4, -0.2) is 16.2 Å². The molecule has 2 N–H and O–H groups in total. The van der Waals surface area contributed by atoms with Crippen LogP contribution in [0.15, 0.2) is 34.4 Å². The van der Waals surface area contributed by atoms with Crippen molar-refractivity contribution in [2.24, 2.45) is 5.73 Å². The van der Waals surface area contributed by atoms with Gasteiger partial charge < -0.3 is 10.5 Å². The topological polar surface area (TPSA) is 57.2 Å². The van der Waals surface area contributed by atoms with Gasteiger partial charge in [0.25, 0.3) is 0 Å². The molecule has 2 rings (SSSR count). The molecule has 0 spiro atoms. The van der Waals surface area contributed by atoms with E-state index in [-0.39, 0.29) is 4.87 Å². The number of aryl methyl sites for hydroxylation is 1. The Morgan fingerprint density at radius 2 is 2.21 bits per heavy atom. The molecule has 1 aromatic carbocycles. The first-order chi connectivity index (χ1) is 9.09. The summed E-state index contributed by atoms with van der Waals surface area (Å²) < 4.78 is 7.35. The Morgan fingerprint density at radius 3 is 2.84 bits per heavy atom. The van der Waals surface area contributed by atoms with Gasteiger partial charge in [0, 0.05) is 11.1 Å². The molecule has 0 bridgehead atoms. The molecule has 6 heteroatoms. The lowest BCUT2D eigenvalue weighted by Crippen LogP contribution is -2.20. The fourth-order valence-corrected chi connectivity index (χ4v) is 2.65. The van der Waals surface area contributed by atoms with Crippen molar-refractivity contribution in [1.82, 2.24) is 4.57 Å². The lowest BCUT2D eigenvalue weighted by atomic mass is 10.2. The maximum atomic E-state index is 11.5. The molecule has 0 aliphatic carbocycles. The molecule has 0 aliphatic heterocycles. The highest BCUT2D eigenvalue weighted by Crippen LogP contribution is 2.17. The van der Waals surface area contributed by atoms with E-state index in [0.29, 0.717) is 29.5 Å². The molecule has 1 heterocycles. The number of aromatic nitrogens is 1. The van der Waals surface area contributed by atoms with Gasteiger partial charge in [-0.25, -0.2) is 0 Å². The fourth-order valence-electron chi connectivity index (χ4n) is 1.72. The molecule has 0 aliphatic rings. The number of ether oxygens (including phenoxy) is 1. The van der Waals surface area contributed by atoms with Crippen LogP contribution in [0, 0.1) is 6.92 Å². The Morgan fingerprint density at radius 1 is 1.47 bits per heavy atom. The lowest BCUT2D eigenvalue weighted by molar-refractivity contribution is 0.295. The van der Waals surface area contributed by atoms with Crippen molar-refractivity contribution < 1.29 is 4.74 Å². The summed E-state index contributed by atoms with van der Waals surface area (Å²) in [6.45, 7) is 2.82. The van der Waals surface area contributed by atoms with Gasteiger partial charge >= 0.3 is 4.87 Å². The highest BCUT2D eigenvalue weighted by atomic mass is 32.1. The Kier molecular flexibility index (Phi) is 4.34. The van der Waals surface area contributed by atoms with E-state index < -0.39 is 0 Å². The number of hydrogen-bond acceptors (Lipinski definition) is 4. The number of nitrogens with zero attached hydrogens (tertiary/aromatic N) is 1. The number of benzene rings is 1. The van der Waals surface area contributed by atoms with Gasteiger partial charge in [0.05, 0.1) is 12.1 Å². The molecule has 0 atom stereocenters. The van der Waals surface area contributed by atoms with Gasteiger partial charge in [-0.1, -0.05) is 35.7 Å². The van der Waals surface area contributed by atoms with Crippen LogP contribution in [0.5, 0.6) is 5.75 Å². The zero-order valence-electron chi connectivity index (χ0n) is 10.5. The van der Waals surface area contributed by atoms with Crippen molar-refractivity contribution >= 4 is 28.5 Å². The average molecular weight is 294 g/mol. The number of thiazole rings is 1. The molecule has 100 valence electrons. The minimum atomic E-state index is 0.0312. The van der Waals surface area contributed by atoms with E-state index in [9.17, 15) is 4.79 Å². The molecule has 0 unspecified atom stereocenters. The first kappa shape index (κ1) is 13.8. The van der Waals surface area contributed by atoms with Crippen molar-refractivity contribution in [2.45, 2.75) is 13.5 Å². The number of thiocarbonyl (C=S) groups is 1. The normalized spacial score (nSPS) is 10.4. The number of hydrogen-bond donors (Lipinski definition) is 1. The molecule has 0 radical (unpaired) electrons. The second-order valence-electron chi connectivity index (χ2n) is 4.00. The number of para-hydroxylation sites is 1. The smallest absolute Gasteiger partial charge is 0.307 e. The van der Waals surface area contributed by atoms with E-state index in [4.69, 9.17) is 22.7 Å². The second-order valence-corrected chi connectivity index (χ2v) is 5.26.